The molecular weight excluding hydrogens is 336 g/mol. The number of carbonyl (C=O) groups excluding carboxylic acids is 1. The first-order chi connectivity index (χ1) is 11.8. The Morgan fingerprint density at radius 1 is 1.00 bits per heavy atom. The predicted octanol–water partition coefficient (Wildman–Crippen LogP) is 3.57. The van der Waals surface area contributed by atoms with Gasteiger partial charge in [-0.1, -0.05) is 43.7 Å². The van der Waals surface area contributed by atoms with E-state index in [2.05, 4.69) is 17.0 Å². The summed E-state index contributed by atoms with van der Waals surface area (Å²) in [4.78, 5) is 12.2. The fourth-order valence-corrected chi connectivity index (χ4v) is 3.73. The number of anilines is 2. The molecule has 1 amide bonds. The van der Waals surface area contributed by atoms with Gasteiger partial charge in [0.05, 0.1) is 11.7 Å². The van der Waals surface area contributed by atoms with Crippen LogP contribution >= 0.6 is 0 Å². The van der Waals surface area contributed by atoms with Gasteiger partial charge in [0.2, 0.25) is 15.9 Å². The van der Waals surface area contributed by atoms with Crippen LogP contribution in [0.5, 0.6) is 0 Å². The van der Waals surface area contributed by atoms with Gasteiger partial charge >= 0.3 is 0 Å². The van der Waals surface area contributed by atoms with Gasteiger partial charge in [-0.3, -0.25) is 9.52 Å². The zero-order chi connectivity index (χ0) is 18.4. The molecule has 5 nitrogen and oxygen atoms in total. The highest BCUT2D eigenvalue weighted by molar-refractivity contribution is 7.92. The second-order valence-electron chi connectivity index (χ2n) is 6.19. The highest BCUT2D eigenvalue weighted by Gasteiger charge is 2.21. The van der Waals surface area contributed by atoms with E-state index in [4.69, 9.17) is 0 Å². The molecule has 0 heterocycles. The van der Waals surface area contributed by atoms with E-state index in [0.717, 1.165) is 12.0 Å². The molecule has 25 heavy (non-hydrogen) atoms. The van der Waals surface area contributed by atoms with Gasteiger partial charge in [0.25, 0.3) is 0 Å². The van der Waals surface area contributed by atoms with Gasteiger partial charge < -0.3 is 5.32 Å². The maximum absolute atomic E-state index is 12.2. The van der Waals surface area contributed by atoms with E-state index in [1.54, 1.807) is 19.1 Å². The normalized spacial score (nSPS) is 12.4. The summed E-state index contributed by atoms with van der Waals surface area (Å²) in [6.07, 6.45) is 0.924. The number of nitrogens with one attached hydrogen (secondary N) is 2. The van der Waals surface area contributed by atoms with E-state index >= 15 is 0 Å². The summed E-state index contributed by atoms with van der Waals surface area (Å²) in [5, 5.41) is 2.76. The fourth-order valence-electron chi connectivity index (χ4n) is 2.34. The molecule has 0 bridgehead atoms. The van der Waals surface area contributed by atoms with Gasteiger partial charge in [0.1, 0.15) is 0 Å². The first kappa shape index (κ1) is 19.0. The van der Waals surface area contributed by atoms with E-state index in [-0.39, 0.29) is 11.7 Å². The average molecular weight is 360 g/mol. The molecule has 0 saturated carbocycles. The molecule has 0 aliphatic heterocycles. The van der Waals surface area contributed by atoms with Gasteiger partial charge in [0, 0.05) is 11.4 Å². The highest BCUT2D eigenvalue weighted by Crippen LogP contribution is 2.15. The van der Waals surface area contributed by atoms with Crippen molar-refractivity contribution in [1.82, 2.24) is 0 Å². The molecule has 0 radical (unpaired) electrons. The second kappa shape index (κ2) is 8.16. The maximum Gasteiger partial charge on any atom is 0.233 e. The molecule has 1 atom stereocenters. The summed E-state index contributed by atoms with van der Waals surface area (Å²) in [6.45, 7) is 5.59. The molecule has 2 N–H and O–H groups in total. The van der Waals surface area contributed by atoms with Gasteiger partial charge in [-0.2, -0.15) is 0 Å². The van der Waals surface area contributed by atoms with Crippen molar-refractivity contribution < 1.29 is 13.2 Å². The molecule has 0 fully saturated rings. The third-order valence-corrected chi connectivity index (χ3v) is 5.36. The maximum atomic E-state index is 12.2. The van der Waals surface area contributed by atoms with E-state index in [1.807, 2.05) is 43.3 Å². The van der Waals surface area contributed by atoms with Crippen LogP contribution in [0.4, 0.5) is 11.4 Å². The summed E-state index contributed by atoms with van der Waals surface area (Å²) in [7, 11) is -3.61. The Bertz CT molecular complexity index is 813. The largest absolute Gasteiger partial charge is 0.326 e. The van der Waals surface area contributed by atoms with Crippen molar-refractivity contribution in [2.45, 2.75) is 27.2 Å². The van der Waals surface area contributed by atoms with E-state index in [1.165, 1.54) is 5.56 Å². The lowest BCUT2D eigenvalue weighted by molar-refractivity contribution is -0.118. The van der Waals surface area contributed by atoms with Gasteiger partial charge in [-0.25, -0.2) is 8.42 Å². The number of hydrogen-bond donors (Lipinski definition) is 2. The minimum Gasteiger partial charge on any atom is -0.326 e. The lowest BCUT2D eigenvalue weighted by atomic mass is 10.1. The summed E-state index contributed by atoms with van der Waals surface area (Å²) in [5.74, 6) is -1.27. The molecule has 2 aromatic carbocycles. The number of rotatable bonds is 7. The lowest BCUT2D eigenvalue weighted by Gasteiger charge is -2.14. The molecule has 2 aromatic rings. The van der Waals surface area contributed by atoms with Crippen LogP contribution in [0.2, 0.25) is 0 Å². The zero-order valence-corrected chi connectivity index (χ0v) is 15.6. The van der Waals surface area contributed by atoms with Crippen molar-refractivity contribution in [2.75, 3.05) is 15.8 Å². The van der Waals surface area contributed by atoms with Crippen LogP contribution in [0, 0.1) is 12.8 Å². The molecule has 6 heteroatoms. The number of benzene rings is 2. The molecule has 2 rings (SSSR count). The Hall–Kier alpha value is -2.34. The van der Waals surface area contributed by atoms with Crippen LogP contribution in [-0.4, -0.2) is 20.1 Å². The number of sulfonamides is 1. The smallest absolute Gasteiger partial charge is 0.233 e. The topological polar surface area (TPSA) is 75.3 Å². The molecule has 0 aliphatic rings. The highest BCUT2D eigenvalue weighted by atomic mass is 32.2. The third-order valence-electron chi connectivity index (χ3n) is 3.87. The van der Waals surface area contributed by atoms with E-state index in [0.29, 0.717) is 11.4 Å². The van der Waals surface area contributed by atoms with Gasteiger partial charge in [0.15, 0.2) is 0 Å². The average Bonchev–Trinajstić information content (AvgIpc) is 2.57. The molecule has 0 aromatic heterocycles. The molecule has 0 saturated heterocycles. The minimum atomic E-state index is -3.61. The lowest BCUT2D eigenvalue weighted by Crippen LogP contribution is -2.29. The van der Waals surface area contributed by atoms with Crippen molar-refractivity contribution in [2.24, 2.45) is 5.92 Å². The molecule has 1 unspecified atom stereocenters. The summed E-state index contributed by atoms with van der Waals surface area (Å²) >= 11 is 0. The summed E-state index contributed by atoms with van der Waals surface area (Å²) in [6, 6.07) is 14.6. The van der Waals surface area contributed by atoms with Crippen LogP contribution in [0.15, 0.2) is 48.5 Å². The minimum absolute atomic E-state index is 0.278. The predicted molar refractivity (Wildman–Crippen MR) is 102 cm³/mol. The van der Waals surface area contributed by atoms with Crippen molar-refractivity contribution in [3.63, 3.8) is 0 Å². The van der Waals surface area contributed by atoms with Crippen LogP contribution in [0.1, 0.15) is 25.0 Å². The molecule has 0 aliphatic carbocycles. The van der Waals surface area contributed by atoms with E-state index < -0.39 is 15.9 Å². The zero-order valence-electron chi connectivity index (χ0n) is 14.7. The Kier molecular flexibility index (Phi) is 6.20. The van der Waals surface area contributed by atoms with Crippen LogP contribution in [-0.2, 0) is 21.2 Å². The second-order valence-corrected chi connectivity index (χ2v) is 7.96. The Morgan fingerprint density at radius 3 is 2.12 bits per heavy atom. The quantitative estimate of drug-likeness (QED) is 0.792. The summed E-state index contributed by atoms with van der Waals surface area (Å²) in [5.41, 5.74) is 3.38. The molecular formula is C19H24N2O3S. The van der Waals surface area contributed by atoms with Crippen molar-refractivity contribution in [3.05, 3.63) is 59.7 Å². The standard InChI is InChI=1S/C19H24N2O3S/c1-4-16-7-11-17(12-8-16)20-19(22)15(3)13-25(23,24)21-18-9-5-14(2)6-10-18/h5-12,15,21H,4,13H2,1-3H3,(H,20,22). The van der Waals surface area contributed by atoms with Crippen LogP contribution in [0.25, 0.3) is 0 Å². The van der Waals surface area contributed by atoms with Crippen molar-refractivity contribution in [1.29, 1.82) is 0 Å². The Morgan fingerprint density at radius 2 is 1.56 bits per heavy atom. The monoisotopic (exact) mass is 360 g/mol. The third kappa shape index (κ3) is 5.90. The van der Waals surface area contributed by atoms with Crippen molar-refractivity contribution in [3.8, 4) is 0 Å². The Balaban J connectivity index is 1.95. The summed E-state index contributed by atoms with van der Waals surface area (Å²) < 4.78 is 27.0. The SMILES string of the molecule is CCc1ccc(NC(=O)C(C)CS(=O)(=O)Nc2ccc(C)cc2)cc1. The van der Waals surface area contributed by atoms with E-state index in [9.17, 15) is 13.2 Å². The molecule has 134 valence electrons. The van der Waals surface area contributed by atoms with Crippen LogP contribution in [0.3, 0.4) is 0 Å². The number of carbonyl (C=O) groups is 1. The van der Waals surface area contributed by atoms with Crippen LogP contribution < -0.4 is 10.0 Å². The molecule has 0 spiro atoms. The van der Waals surface area contributed by atoms with Crippen molar-refractivity contribution >= 4 is 27.3 Å². The number of aryl methyl sites for hydroxylation is 2. The fraction of sp³-hybridized carbons (Fsp3) is 0.316. The Labute approximate surface area is 149 Å². The first-order valence-electron chi connectivity index (χ1n) is 8.26. The number of hydrogen-bond acceptors (Lipinski definition) is 3. The first-order valence-corrected chi connectivity index (χ1v) is 9.91. The number of amides is 1. The van der Waals surface area contributed by atoms with Gasteiger partial charge in [-0.05, 0) is 43.2 Å². The van der Waals surface area contributed by atoms with Gasteiger partial charge in [-0.15, -0.1) is 0 Å².